The highest BCUT2D eigenvalue weighted by Gasteiger charge is 2.33. The first kappa shape index (κ1) is 21.7. The third-order valence-electron chi connectivity index (χ3n) is 8.64. The number of benzene rings is 5. The minimum absolute atomic E-state index is 0.529. The minimum atomic E-state index is 0.529. The number of allylic oxidation sites excluding steroid dienone is 2. The van der Waals surface area contributed by atoms with Gasteiger partial charge in [-0.15, -0.1) is 11.8 Å². The molecule has 9 rings (SSSR count). The van der Waals surface area contributed by atoms with Crippen LogP contribution in [0.15, 0.2) is 125 Å². The van der Waals surface area contributed by atoms with Crippen molar-refractivity contribution in [3.63, 3.8) is 0 Å². The number of hydrogen-bond donors (Lipinski definition) is 0. The van der Waals surface area contributed by atoms with Crippen molar-refractivity contribution < 1.29 is 4.42 Å². The van der Waals surface area contributed by atoms with Crippen molar-refractivity contribution in [3.8, 4) is 16.8 Å². The Labute approximate surface area is 230 Å². The molecule has 1 aliphatic heterocycles. The van der Waals surface area contributed by atoms with E-state index in [1.807, 2.05) is 12.1 Å². The number of rotatable bonds is 2. The van der Waals surface area contributed by atoms with Gasteiger partial charge in [-0.3, -0.25) is 0 Å². The Morgan fingerprint density at radius 2 is 1.54 bits per heavy atom. The van der Waals surface area contributed by atoms with E-state index < -0.39 is 0 Å². The van der Waals surface area contributed by atoms with Crippen LogP contribution in [0.1, 0.15) is 24.3 Å². The van der Waals surface area contributed by atoms with Gasteiger partial charge in [-0.25, -0.2) is 0 Å². The molecule has 0 fully saturated rings. The maximum Gasteiger partial charge on any atom is 0.143 e. The molecule has 0 N–H and O–H groups in total. The highest BCUT2D eigenvalue weighted by Crippen LogP contribution is 2.51. The molecular formula is C36H25NOS. The zero-order chi connectivity index (χ0) is 25.5. The maximum atomic E-state index is 6.33. The molecule has 2 aliphatic rings. The van der Waals surface area contributed by atoms with E-state index in [2.05, 4.69) is 119 Å². The second kappa shape index (κ2) is 8.14. The van der Waals surface area contributed by atoms with Gasteiger partial charge in [-0.2, -0.15) is 0 Å². The average molecular weight is 520 g/mol. The molecule has 2 nitrogen and oxygen atoms in total. The van der Waals surface area contributed by atoms with E-state index in [1.54, 1.807) is 0 Å². The Morgan fingerprint density at radius 1 is 0.718 bits per heavy atom. The van der Waals surface area contributed by atoms with E-state index in [0.29, 0.717) is 11.2 Å². The van der Waals surface area contributed by atoms with Crippen molar-refractivity contribution in [1.29, 1.82) is 0 Å². The monoisotopic (exact) mass is 519 g/mol. The second-order valence-corrected chi connectivity index (χ2v) is 12.1. The van der Waals surface area contributed by atoms with Crippen molar-refractivity contribution in [2.75, 3.05) is 0 Å². The predicted octanol–water partition coefficient (Wildman–Crippen LogP) is 10.3. The summed E-state index contributed by atoms with van der Waals surface area (Å²) in [5.74, 6) is 0.529. The molecule has 39 heavy (non-hydrogen) atoms. The van der Waals surface area contributed by atoms with Gasteiger partial charge in [0.25, 0.3) is 0 Å². The first-order valence-corrected chi connectivity index (χ1v) is 14.6. The molecule has 0 spiro atoms. The first-order chi connectivity index (χ1) is 19.3. The molecule has 0 radical (unpaired) electrons. The lowest BCUT2D eigenvalue weighted by molar-refractivity contribution is 0.670. The third kappa shape index (κ3) is 3.11. The Morgan fingerprint density at radius 3 is 2.46 bits per heavy atom. The Balaban J connectivity index is 1.22. The van der Waals surface area contributed by atoms with Gasteiger partial charge in [-0.05, 0) is 60.4 Å². The van der Waals surface area contributed by atoms with Crippen LogP contribution in [0.2, 0.25) is 0 Å². The quantitative estimate of drug-likeness (QED) is 0.212. The summed E-state index contributed by atoms with van der Waals surface area (Å²) in [6, 6.07) is 37.5. The number of hydrogen-bond acceptors (Lipinski definition) is 2. The fraction of sp³-hybridized carbons (Fsp3) is 0.111. The second-order valence-electron chi connectivity index (χ2n) is 10.8. The molecular weight excluding hydrogens is 494 g/mol. The van der Waals surface area contributed by atoms with E-state index in [-0.39, 0.29) is 0 Å². The Kier molecular flexibility index (Phi) is 4.53. The fourth-order valence-corrected chi connectivity index (χ4v) is 8.30. The van der Waals surface area contributed by atoms with Crippen molar-refractivity contribution in [1.82, 2.24) is 4.57 Å². The van der Waals surface area contributed by atoms with E-state index >= 15 is 0 Å². The third-order valence-corrected chi connectivity index (χ3v) is 10.1. The highest BCUT2D eigenvalue weighted by molar-refractivity contribution is 8.00. The lowest BCUT2D eigenvalue weighted by Gasteiger charge is -2.19. The van der Waals surface area contributed by atoms with Gasteiger partial charge < -0.3 is 8.98 Å². The topological polar surface area (TPSA) is 18.1 Å². The van der Waals surface area contributed by atoms with E-state index in [9.17, 15) is 0 Å². The number of fused-ring (bicyclic) bond motifs is 9. The van der Waals surface area contributed by atoms with Crippen LogP contribution >= 0.6 is 11.8 Å². The largest absolute Gasteiger partial charge is 0.455 e. The highest BCUT2D eigenvalue weighted by atomic mass is 32.2. The number of furan rings is 1. The van der Waals surface area contributed by atoms with Gasteiger partial charge in [0.2, 0.25) is 0 Å². The summed E-state index contributed by atoms with van der Waals surface area (Å²) in [5.41, 5.74) is 9.40. The van der Waals surface area contributed by atoms with Gasteiger partial charge in [-0.1, -0.05) is 78.9 Å². The molecule has 0 amide bonds. The standard InChI is InChI=1S/C36H25NOS/c1-4-13-31-25(8-1)29-21-35-30(27-10-3-6-15-34(27)39-35)20-32(29)37(31)23-18-16-22(17-19-23)24-11-7-12-28-26-9-2-5-14-33(26)38-36(24)28/h1-5,7-14,16-21,27,34H,6,15H2. The number of nitrogens with zero attached hydrogens (tertiary/aromatic N) is 1. The van der Waals surface area contributed by atoms with Crippen LogP contribution in [0.3, 0.4) is 0 Å². The number of aromatic nitrogens is 1. The normalized spacial score (nSPS) is 18.4. The van der Waals surface area contributed by atoms with Crippen molar-refractivity contribution in [3.05, 3.63) is 121 Å². The fourth-order valence-electron chi connectivity index (χ4n) is 6.82. The molecule has 7 aromatic rings. The van der Waals surface area contributed by atoms with Gasteiger partial charge >= 0.3 is 0 Å². The predicted molar refractivity (Wildman–Crippen MR) is 164 cm³/mol. The SMILES string of the molecule is C1=CC2c3cc4c(cc3SC2CC1)c1ccccc1n4-c1ccc(-c2cccc3c2oc2ccccc23)cc1. The van der Waals surface area contributed by atoms with Crippen LogP contribution in [0.25, 0.3) is 60.6 Å². The molecule has 2 unspecified atom stereocenters. The van der Waals surface area contributed by atoms with Gasteiger partial charge in [0.15, 0.2) is 0 Å². The van der Waals surface area contributed by atoms with Crippen LogP contribution < -0.4 is 0 Å². The zero-order valence-corrected chi connectivity index (χ0v) is 22.1. The lowest BCUT2D eigenvalue weighted by Crippen LogP contribution is -2.10. The Bertz CT molecular complexity index is 2110. The van der Waals surface area contributed by atoms with Crippen LogP contribution in [-0.4, -0.2) is 9.82 Å². The van der Waals surface area contributed by atoms with E-state index in [0.717, 1.165) is 33.1 Å². The lowest BCUT2D eigenvalue weighted by atomic mass is 9.89. The molecule has 0 bridgehead atoms. The summed E-state index contributed by atoms with van der Waals surface area (Å²) in [7, 11) is 0. The molecule has 3 heterocycles. The summed E-state index contributed by atoms with van der Waals surface area (Å²) in [6.07, 6.45) is 7.28. The van der Waals surface area contributed by atoms with Crippen molar-refractivity contribution in [2.24, 2.45) is 0 Å². The molecule has 3 heteroatoms. The summed E-state index contributed by atoms with van der Waals surface area (Å²) in [6.45, 7) is 0. The number of para-hydroxylation sites is 3. The number of thioether (sulfide) groups is 1. The minimum Gasteiger partial charge on any atom is -0.455 e. The van der Waals surface area contributed by atoms with Crippen LogP contribution in [-0.2, 0) is 0 Å². The van der Waals surface area contributed by atoms with Crippen molar-refractivity contribution in [2.45, 2.75) is 28.9 Å². The van der Waals surface area contributed by atoms with Crippen molar-refractivity contribution >= 4 is 55.5 Å². The smallest absolute Gasteiger partial charge is 0.143 e. The van der Waals surface area contributed by atoms with Crippen LogP contribution in [0.4, 0.5) is 0 Å². The first-order valence-electron chi connectivity index (χ1n) is 13.7. The summed E-state index contributed by atoms with van der Waals surface area (Å²) < 4.78 is 8.77. The van der Waals surface area contributed by atoms with E-state index in [1.165, 1.54) is 50.8 Å². The van der Waals surface area contributed by atoms with Gasteiger partial charge in [0.05, 0.1) is 11.0 Å². The van der Waals surface area contributed by atoms with Gasteiger partial charge in [0, 0.05) is 48.9 Å². The summed E-state index contributed by atoms with van der Waals surface area (Å²) >= 11 is 2.08. The van der Waals surface area contributed by atoms with Crippen LogP contribution in [0, 0.1) is 0 Å². The molecule has 2 atom stereocenters. The summed E-state index contributed by atoms with van der Waals surface area (Å²) in [5, 5.41) is 5.66. The summed E-state index contributed by atoms with van der Waals surface area (Å²) in [4.78, 5) is 1.46. The molecule has 186 valence electrons. The van der Waals surface area contributed by atoms with Crippen LogP contribution in [0.5, 0.6) is 0 Å². The Hall–Kier alpha value is -4.21. The zero-order valence-electron chi connectivity index (χ0n) is 21.3. The van der Waals surface area contributed by atoms with Gasteiger partial charge in [0.1, 0.15) is 11.2 Å². The maximum absolute atomic E-state index is 6.33. The van der Waals surface area contributed by atoms with E-state index in [4.69, 9.17) is 4.42 Å². The average Bonchev–Trinajstić information content (AvgIpc) is 3.65. The molecule has 2 aromatic heterocycles. The molecule has 0 saturated heterocycles. The molecule has 1 aliphatic carbocycles. The molecule has 5 aromatic carbocycles. The molecule has 0 saturated carbocycles.